The Morgan fingerprint density at radius 3 is 3.05 bits per heavy atom. The summed E-state index contributed by atoms with van der Waals surface area (Å²) in [6.45, 7) is 5.79. The van der Waals surface area contributed by atoms with E-state index in [-0.39, 0.29) is 5.91 Å². The van der Waals surface area contributed by atoms with Crippen LogP contribution < -0.4 is 10.6 Å². The summed E-state index contributed by atoms with van der Waals surface area (Å²) in [6.07, 6.45) is 6.76. The van der Waals surface area contributed by atoms with Crippen LogP contribution in [0.2, 0.25) is 0 Å². The lowest BCUT2D eigenvalue weighted by Crippen LogP contribution is -2.46. The monoisotopic (exact) mass is 260 g/mol. The molecular weight excluding hydrogens is 240 g/mol. The highest BCUT2D eigenvalue weighted by molar-refractivity contribution is 5.91. The maximum absolute atomic E-state index is 11.6. The van der Waals surface area contributed by atoms with Gasteiger partial charge in [-0.2, -0.15) is 0 Å². The molecule has 1 amide bonds. The molecule has 0 atom stereocenters. The van der Waals surface area contributed by atoms with E-state index in [9.17, 15) is 4.79 Å². The van der Waals surface area contributed by atoms with Crippen molar-refractivity contribution in [3.8, 4) is 0 Å². The van der Waals surface area contributed by atoms with Gasteiger partial charge in [0.1, 0.15) is 0 Å². The number of nitrogens with one attached hydrogen (secondary N) is 2. The molecule has 1 aromatic heterocycles. The van der Waals surface area contributed by atoms with Gasteiger partial charge < -0.3 is 10.6 Å². The minimum Gasteiger partial charge on any atom is -0.351 e. The minimum atomic E-state index is -0.0565. The number of carbonyl (C=O) groups is 1. The van der Waals surface area contributed by atoms with Crippen molar-refractivity contribution in [1.29, 1.82) is 0 Å². The number of piperazine rings is 1. The number of carbonyl (C=O) groups excluding carboxylic acids is 1. The first-order valence-corrected chi connectivity index (χ1v) is 6.63. The van der Waals surface area contributed by atoms with Crippen LogP contribution >= 0.6 is 0 Å². The zero-order valence-corrected chi connectivity index (χ0v) is 11.0. The Labute approximate surface area is 113 Å². The van der Waals surface area contributed by atoms with Crippen molar-refractivity contribution in [3.05, 3.63) is 36.2 Å². The molecule has 19 heavy (non-hydrogen) atoms. The predicted octanol–water partition coefficient (Wildman–Crippen LogP) is 0.116. The molecule has 0 saturated carbocycles. The largest absolute Gasteiger partial charge is 0.351 e. The third kappa shape index (κ3) is 5.19. The summed E-state index contributed by atoms with van der Waals surface area (Å²) in [5, 5.41) is 6.20. The fourth-order valence-electron chi connectivity index (χ4n) is 1.98. The minimum absolute atomic E-state index is 0.0565. The zero-order chi connectivity index (χ0) is 13.3. The van der Waals surface area contributed by atoms with Crippen molar-refractivity contribution < 1.29 is 4.79 Å². The van der Waals surface area contributed by atoms with Gasteiger partial charge in [-0.25, -0.2) is 0 Å². The number of nitrogens with zero attached hydrogens (tertiary/aromatic N) is 2. The number of pyridine rings is 1. The second-order valence-corrected chi connectivity index (χ2v) is 4.50. The number of hydrogen-bond acceptors (Lipinski definition) is 4. The maximum atomic E-state index is 11.6. The van der Waals surface area contributed by atoms with E-state index >= 15 is 0 Å². The lowest BCUT2D eigenvalue weighted by Gasteiger charge is -2.26. The van der Waals surface area contributed by atoms with Crippen LogP contribution in [0.15, 0.2) is 30.6 Å². The average Bonchev–Trinajstić information content (AvgIpc) is 2.47. The van der Waals surface area contributed by atoms with Crippen molar-refractivity contribution in [2.75, 3.05) is 39.3 Å². The van der Waals surface area contributed by atoms with Crippen molar-refractivity contribution in [2.24, 2.45) is 0 Å². The van der Waals surface area contributed by atoms with Gasteiger partial charge in [0.15, 0.2) is 0 Å². The fraction of sp³-hybridized carbons (Fsp3) is 0.429. The molecule has 5 heteroatoms. The third-order valence-corrected chi connectivity index (χ3v) is 3.05. The summed E-state index contributed by atoms with van der Waals surface area (Å²) in [5.74, 6) is -0.0565. The van der Waals surface area contributed by atoms with E-state index in [4.69, 9.17) is 0 Å². The molecule has 1 aliphatic heterocycles. The first-order valence-electron chi connectivity index (χ1n) is 6.63. The van der Waals surface area contributed by atoms with E-state index in [1.54, 1.807) is 24.5 Å². The molecule has 0 aromatic carbocycles. The summed E-state index contributed by atoms with van der Waals surface area (Å²) in [6, 6.07) is 3.76. The molecular formula is C14H20N4O. The molecule has 102 valence electrons. The van der Waals surface area contributed by atoms with Crippen LogP contribution in [0.5, 0.6) is 0 Å². The molecule has 0 unspecified atom stereocenters. The van der Waals surface area contributed by atoms with Gasteiger partial charge >= 0.3 is 0 Å². The molecule has 2 rings (SSSR count). The van der Waals surface area contributed by atoms with Crippen LogP contribution in [0.25, 0.3) is 6.08 Å². The van der Waals surface area contributed by atoms with Gasteiger partial charge in [-0.1, -0.05) is 6.07 Å². The summed E-state index contributed by atoms with van der Waals surface area (Å²) in [7, 11) is 0. The first kappa shape index (κ1) is 13.7. The van der Waals surface area contributed by atoms with Crippen LogP contribution in [0.1, 0.15) is 5.56 Å². The van der Waals surface area contributed by atoms with Crippen LogP contribution in [0.4, 0.5) is 0 Å². The highest BCUT2D eigenvalue weighted by Crippen LogP contribution is 1.97. The Hall–Kier alpha value is -1.72. The van der Waals surface area contributed by atoms with Gasteiger partial charge in [-0.05, 0) is 17.7 Å². The maximum Gasteiger partial charge on any atom is 0.244 e. The Bertz CT molecular complexity index is 413. The van der Waals surface area contributed by atoms with Gasteiger partial charge in [0.25, 0.3) is 0 Å². The number of aromatic nitrogens is 1. The Kier molecular flexibility index (Phi) is 5.52. The molecule has 0 bridgehead atoms. The number of hydrogen-bond donors (Lipinski definition) is 2. The fourth-order valence-corrected chi connectivity index (χ4v) is 1.98. The van der Waals surface area contributed by atoms with E-state index < -0.39 is 0 Å². The second kappa shape index (κ2) is 7.66. The van der Waals surface area contributed by atoms with Gasteiger partial charge in [-0.15, -0.1) is 0 Å². The van der Waals surface area contributed by atoms with Crippen molar-refractivity contribution >= 4 is 12.0 Å². The highest BCUT2D eigenvalue weighted by Gasteiger charge is 2.08. The quantitative estimate of drug-likeness (QED) is 0.738. The molecule has 0 radical (unpaired) electrons. The molecule has 1 fully saturated rings. The van der Waals surface area contributed by atoms with Crippen LogP contribution in [0, 0.1) is 0 Å². The van der Waals surface area contributed by atoms with Crippen LogP contribution in [-0.2, 0) is 4.79 Å². The lowest BCUT2D eigenvalue weighted by molar-refractivity contribution is -0.116. The van der Waals surface area contributed by atoms with E-state index in [0.29, 0.717) is 6.54 Å². The topological polar surface area (TPSA) is 57.3 Å². The number of amides is 1. The Balaban J connectivity index is 1.65. The molecule has 0 aliphatic carbocycles. The van der Waals surface area contributed by atoms with Crippen molar-refractivity contribution in [2.45, 2.75) is 0 Å². The van der Waals surface area contributed by atoms with Crippen molar-refractivity contribution in [1.82, 2.24) is 20.5 Å². The van der Waals surface area contributed by atoms with Gasteiger partial charge in [0, 0.05) is 57.7 Å². The van der Waals surface area contributed by atoms with E-state index in [2.05, 4.69) is 20.5 Å². The standard InChI is InChI=1S/C14H20N4O/c19-14(4-3-13-2-1-5-16-12-13)17-8-11-18-9-6-15-7-10-18/h1-5,12,15H,6-11H2,(H,17,19). The second-order valence-electron chi connectivity index (χ2n) is 4.50. The summed E-state index contributed by atoms with van der Waals surface area (Å²) < 4.78 is 0. The first-order chi connectivity index (χ1) is 9.34. The molecule has 2 N–H and O–H groups in total. The summed E-state index contributed by atoms with van der Waals surface area (Å²) in [4.78, 5) is 17.9. The van der Waals surface area contributed by atoms with Gasteiger partial charge in [0.2, 0.25) is 5.91 Å². The third-order valence-electron chi connectivity index (χ3n) is 3.05. The summed E-state index contributed by atoms with van der Waals surface area (Å²) in [5.41, 5.74) is 0.930. The van der Waals surface area contributed by atoms with E-state index in [1.807, 2.05) is 12.1 Å². The van der Waals surface area contributed by atoms with Crippen LogP contribution in [-0.4, -0.2) is 55.1 Å². The lowest BCUT2D eigenvalue weighted by atomic mass is 10.2. The van der Waals surface area contributed by atoms with Gasteiger partial charge in [-0.3, -0.25) is 14.7 Å². The van der Waals surface area contributed by atoms with Gasteiger partial charge in [0.05, 0.1) is 0 Å². The average molecular weight is 260 g/mol. The smallest absolute Gasteiger partial charge is 0.244 e. The van der Waals surface area contributed by atoms with E-state index in [1.165, 1.54) is 0 Å². The highest BCUT2D eigenvalue weighted by atomic mass is 16.1. The summed E-state index contributed by atoms with van der Waals surface area (Å²) >= 11 is 0. The Morgan fingerprint density at radius 2 is 2.32 bits per heavy atom. The molecule has 2 heterocycles. The SMILES string of the molecule is O=C(C=Cc1cccnc1)NCCN1CCNCC1. The molecule has 1 aromatic rings. The molecule has 1 aliphatic rings. The van der Waals surface area contributed by atoms with Crippen molar-refractivity contribution in [3.63, 3.8) is 0 Å². The molecule has 5 nitrogen and oxygen atoms in total. The van der Waals surface area contributed by atoms with Crippen LogP contribution in [0.3, 0.4) is 0 Å². The van der Waals surface area contributed by atoms with E-state index in [0.717, 1.165) is 38.3 Å². The normalized spacial score (nSPS) is 16.6. The Morgan fingerprint density at radius 1 is 1.47 bits per heavy atom. The molecule has 0 spiro atoms. The zero-order valence-electron chi connectivity index (χ0n) is 11.0. The number of rotatable bonds is 5. The predicted molar refractivity (Wildman–Crippen MR) is 75.6 cm³/mol. The molecule has 1 saturated heterocycles.